The number of nitrogens with one attached hydrogen (secondary N) is 1. The molecular formula is C19H26Cl2N2O. The van der Waals surface area contributed by atoms with Crippen molar-refractivity contribution >= 4 is 29.9 Å². The number of nitrogens with two attached hydrogens (primary N) is 1. The fourth-order valence-electron chi connectivity index (χ4n) is 4.90. The third-order valence-corrected chi connectivity index (χ3v) is 6.46. The van der Waals surface area contributed by atoms with Crippen LogP contribution < -0.4 is 11.1 Å². The first-order valence-electron chi connectivity index (χ1n) is 8.94. The van der Waals surface area contributed by atoms with Crippen LogP contribution in [0, 0.1) is 17.8 Å². The summed E-state index contributed by atoms with van der Waals surface area (Å²) >= 11 is 6.27. The van der Waals surface area contributed by atoms with Crippen molar-refractivity contribution in [1.82, 2.24) is 5.32 Å². The lowest BCUT2D eigenvalue weighted by Crippen LogP contribution is -2.54. The van der Waals surface area contributed by atoms with Crippen molar-refractivity contribution in [2.75, 3.05) is 0 Å². The highest BCUT2D eigenvalue weighted by molar-refractivity contribution is 6.31. The second-order valence-corrected chi connectivity index (χ2v) is 8.09. The molecule has 3 aliphatic rings. The third-order valence-electron chi connectivity index (χ3n) is 6.12. The zero-order valence-corrected chi connectivity index (χ0v) is 15.4. The van der Waals surface area contributed by atoms with Gasteiger partial charge < -0.3 is 11.1 Å². The molecule has 0 aliphatic heterocycles. The lowest BCUT2D eigenvalue weighted by Gasteiger charge is -2.45. The van der Waals surface area contributed by atoms with E-state index < -0.39 is 0 Å². The molecule has 24 heavy (non-hydrogen) atoms. The first kappa shape index (κ1) is 18.0. The molecule has 0 spiro atoms. The number of amides is 1. The summed E-state index contributed by atoms with van der Waals surface area (Å²) in [6.07, 6.45) is 6.79. The molecule has 1 amide bonds. The average Bonchev–Trinajstić information content (AvgIpc) is 3.29. The first-order valence-corrected chi connectivity index (χ1v) is 9.31. The minimum absolute atomic E-state index is 0. The Morgan fingerprint density at radius 1 is 1.12 bits per heavy atom. The van der Waals surface area contributed by atoms with E-state index in [1.807, 2.05) is 18.2 Å². The van der Waals surface area contributed by atoms with Crippen molar-refractivity contribution in [3.05, 3.63) is 34.9 Å². The van der Waals surface area contributed by atoms with Crippen LogP contribution in [0.25, 0.3) is 0 Å². The number of benzene rings is 1. The lowest BCUT2D eigenvalue weighted by molar-refractivity contribution is -0.124. The van der Waals surface area contributed by atoms with Crippen LogP contribution in [0.4, 0.5) is 0 Å². The minimum atomic E-state index is 0. The number of halogens is 2. The zero-order chi connectivity index (χ0) is 16.0. The van der Waals surface area contributed by atoms with Crippen molar-refractivity contribution in [2.45, 2.75) is 56.5 Å². The number of hydrogen-bond donors (Lipinski definition) is 2. The molecule has 0 saturated heterocycles. The Kier molecular flexibility index (Phi) is 5.43. The summed E-state index contributed by atoms with van der Waals surface area (Å²) < 4.78 is 0. The Balaban J connectivity index is 0.00000169. The number of carbonyl (C=O) groups excluding carboxylic acids is 1. The molecule has 0 aromatic heterocycles. The Morgan fingerprint density at radius 3 is 2.46 bits per heavy atom. The third kappa shape index (κ3) is 3.44. The summed E-state index contributed by atoms with van der Waals surface area (Å²) in [5, 5.41) is 4.17. The molecule has 4 atom stereocenters. The highest BCUT2D eigenvalue weighted by Gasteiger charge is 2.47. The summed E-state index contributed by atoms with van der Waals surface area (Å²) in [6, 6.07) is 8.59. The Labute approximate surface area is 155 Å². The Bertz CT molecular complexity index is 595. The molecular weight excluding hydrogens is 343 g/mol. The molecule has 0 radical (unpaired) electrons. The molecule has 1 aromatic rings. The minimum Gasteiger partial charge on any atom is -0.353 e. The molecule has 4 rings (SSSR count). The van der Waals surface area contributed by atoms with Gasteiger partial charge >= 0.3 is 0 Å². The summed E-state index contributed by atoms with van der Waals surface area (Å²) in [4.78, 5) is 12.7. The molecule has 0 heterocycles. The average molecular weight is 369 g/mol. The van der Waals surface area contributed by atoms with Crippen molar-refractivity contribution in [2.24, 2.45) is 23.5 Å². The maximum absolute atomic E-state index is 12.7. The standard InChI is InChI=1S/C19H25ClN2O.ClH/c20-17-7-2-1-6-14(17)15-10-16(15)19(23)22-18-11-4-3-5-12(18)9-13(21)8-11;/h1-2,6-7,11-13,15-16,18H,3-5,8-10,21H2,(H,22,23);1H. The summed E-state index contributed by atoms with van der Waals surface area (Å²) in [6.45, 7) is 0. The summed E-state index contributed by atoms with van der Waals surface area (Å²) in [5.74, 6) is 1.80. The molecule has 3 nitrogen and oxygen atoms in total. The van der Waals surface area contributed by atoms with Crippen LogP contribution in [-0.2, 0) is 4.79 Å². The molecule has 3 aliphatic carbocycles. The Morgan fingerprint density at radius 2 is 1.79 bits per heavy atom. The summed E-state index contributed by atoms with van der Waals surface area (Å²) in [5.41, 5.74) is 7.30. The lowest BCUT2D eigenvalue weighted by atomic mass is 9.67. The quantitative estimate of drug-likeness (QED) is 0.849. The predicted molar refractivity (Wildman–Crippen MR) is 99.5 cm³/mol. The molecule has 3 fully saturated rings. The van der Waals surface area contributed by atoms with E-state index in [1.54, 1.807) is 0 Å². The van der Waals surface area contributed by atoms with Crippen LogP contribution in [0.2, 0.25) is 5.02 Å². The number of carbonyl (C=O) groups is 1. The highest BCUT2D eigenvalue weighted by atomic mass is 35.5. The highest BCUT2D eigenvalue weighted by Crippen LogP contribution is 2.50. The molecule has 4 unspecified atom stereocenters. The Hall–Kier alpha value is -0.770. The van der Waals surface area contributed by atoms with E-state index in [-0.39, 0.29) is 24.2 Å². The molecule has 1 aromatic carbocycles. The number of rotatable bonds is 3. The van der Waals surface area contributed by atoms with E-state index in [2.05, 4.69) is 11.4 Å². The van der Waals surface area contributed by atoms with Crippen LogP contribution in [0.15, 0.2) is 24.3 Å². The topological polar surface area (TPSA) is 55.1 Å². The van der Waals surface area contributed by atoms with Gasteiger partial charge in [-0.1, -0.05) is 36.2 Å². The molecule has 132 valence electrons. The smallest absolute Gasteiger partial charge is 0.223 e. The van der Waals surface area contributed by atoms with Gasteiger partial charge in [-0.05, 0) is 61.5 Å². The van der Waals surface area contributed by atoms with Gasteiger partial charge in [0.2, 0.25) is 5.91 Å². The van der Waals surface area contributed by atoms with Gasteiger partial charge in [-0.2, -0.15) is 0 Å². The van der Waals surface area contributed by atoms with E-state index in [4.69, 9.17) is 17.3 Å². The van der Waals surface area contributed by atoms with E-state index in [0.717, 1.165) is 29.8 Å². The van der Waals surface area contributed by atoms with E-state index in [0.29, 0.717) is 29.8 Å². The van der Waals surface area contributed by atoms with Gasteiger partial charge in [-0.3, -0.25) is 4.79 Å². The number of hydrogen-bond acceptors (Lipinski definition) is 2. The van der Waals surface area contributed by atoms with E-state index in [1.165, 1.54) is 19.3 Å². The maximum atomic E-state index is 12.7. The largest absolute Gasteiger partial charge is 0.353 e. The van der Waals surface area contributed by atoms with Crippen molar-refractivity contribution in [3.8, 4) is 0 Å². The second kappa shape index (κ2) is 7.23. The monoisotopic (exact) mass is 368 g/mol. The van der Waals surface area contributed by atoms with Gasteiger partial charge in [0.15, 0.2) is 0 Å². The van der Waals surface area contributed by atoms with E-state index in [9.17, 15) is 4.79 Å². The van der Waals surface area contributed by atoms with Gasteiger partial charge in [0.25, 0.3) is 0 Å². The SMILES string of the molecule is Cl.NC1CC2CCCC(C1)C2NC(=O)C1CC1c1ccccc1Cl. The van der Waals surface area contributed by atoms with Crippen molar-refractivity contribution in [3.63, 3.8) is 0 Å². The molecule has 2 bridgehead atoms. The van der Waals surface area contributed by atoms with Crippen LogP contribution in [-0.4, -0.2) is 18.0 Å². The number of fused-ring (bicyclic) bond motifs is 2. The first-order chi connectivity index (χ1) is 11.1. The van der Waals surface area contributed by atoms with Crippen LogP contribution in [0.1, 0.15) is 50.0 Å². The van der Waals surface area contributed by atoms with Crippen LogP contribution in [0.5, 0.6) is 0 Å². The predicted octanol–water partition coefficient (Wildman–Crippen LogP) is 3.89. The molecule has 3 N–H and O–H groups in total. The van der Waals surface area contributed by atoms with Gasteiger partial charge in [0.1, 0.15) is 0 Å². The van der Waals surface area contributed by atoms with Crippen LogP contribution in [0.3, 0.4) is 0 Å². The fourth-order valence-corrected chi connectivity index (χ4v) is 5.18. The van der Waals surface area contributed by atoms with Crippen molar-refractivity contribution in [1.29, 1.82) is 0 Å². The summed E-state index contributed by atoms with van der Waals surface area (Å²) in [7, 11) is 0. The van der Waals surface area contributed by atoms with Gasteiger partial charge in [0.05, 0.1) is 0 Å². The normalized spacial score (nSPS) is 37.2. The maximum Gasteiger partial charge on any atom is 0.223 e. The van der Waals surface area contributed by atoms with Gasteiger partial charge in [0, 0.05) is 23.0 Å². The van der Waals surface area contributed by atoms with E-state index >= 15 is 0 Å². The molecule has 5 heteroatoms. The van der Waals surface area contributed by atoms with Gasteiger partial charge in [-0.25, -0.2) is 0 Å². The molecule has 3 saturated carbocycles. The van der Waals surface area contributed by atoms with Gasteiger partial charge in [-0.15, -0.1) is 12.4 Å². The van der Waals surface area contributed by atoms with Crippen LogP contribution >= 0.6 is 24.0 Å². The second-order valence-electron chi connectivity index (χ2n) is 7.69. The van der Waals surface area contributed by atoms with Crippen molar-refractivity contribution < 1.29 is 4.79 Å². The fraction of sp³-hybridized carbons (Fsp3) is 0.632. The zero-order valence-electron chi connectivity index (χ0n) is 13.8.